The van der Waals surface area contributed by atoms with Crippen molar-refractivity contribution in [1.29, 1.82) is 0 Å². The van der Waals surface area contributed by atoms with E-state index < -0.39 is 25.8 Å². The van der Waals surface area contributed by atoms with E-state index in [9.17, 15) is 13.2 Å². The molecule has 0 radical (unpaired) electrons. The lowest BCUT2D eigenvalue weighted by Gasteiger charge is -2.22. The fraction of sp³-hybridized carbons (Fsp3) is 0.455. The number of hydrogen-bond acceptors (Lipinski definition) is 1. The highest BCUT2D eigenvalue weighted by atomic mass is 28.4. The van der Waals surface area contributed by atoms with E-state index in [-0.39, 0.29) is 0 Å². The maximum atomic E-state index is 13.0. The van der Waals surface area contributed by atoms with Gasteiger partial charge in [-0.3, -0.25) is 0 Å². The van der Waals surface area contributed by atoms with Crippen molar-refractivity contribution in [3.63, 3.8) is 0 Å². The standard InChI is InChI=1S/C11H15F3OSi/c1-4-15-16(2,3)7-8-5-9(12)11(14)10(13)6-8/h5-6H,4,7H2,1-3H3. The molecule has 0 N–H and O–H groups in total. The smallest absolute Gasteiger partial charge is 0.194 e. The predicted octanol–water partition coefficient (Wildman–Crippen LogP) is 3.43. The lowest BCUT2D eigenvalue weighted by atomic mass is 10.2. The second-order valence-electron chi connectivity index (χ2n) is 4.24. The van der Waals surface area contributed by atoms with Gasteiger partial charge in [-0.1, -0.05) is 0 Å². The molecule has 1 rings (SSSR count). The second kappa shape index (κ2) is 5.01. The van der Waals surface area contributed by atoms with Crippen LogP contribution in [0, 0.1) is 17.5 Å². The van der Waals surface area contributed by atoms with E-state index in [1.807, 2.05) is 20.0 Å². The molecule has 0 bridgehead atoms. The highest BCUT2D eigenvalue weighted by Crippen LogP contribution is 2.18. The van der Waals surface area contributed by atoms with Crippen LogP contribution in [0.4, 0.5) is 13.2 Å². The number of hydrogen-bond donors (Lipinski definition) is 0. The van der Waals surface area contributed by atoms with Crippen molar-refractivity contribution in [2.45, 2.75) is 26.1 Å². The van der Waals surface area contributed by atoms with Gasteiger partial charge in [0.15, 0.2) is 25.8 Å². The third kappa shape index (κ3) is 3.35. The Bertz CT molecular complexity index is 356. The van der Waals surface area contributed by atoms with Gasteiger partial charge in [-0.2, -0.15) is 0 Å². The number of rotatable bonds is 4. The van der Waals surface area contributed by atoms with E-state index in [0.717, 1.165) is 12.1 Å². The van der Waals surface area contributed by atoms with Crippen LogP contribution < -0.4 is 0 Å². The monoisotopic (exact) mass is 248 g/mol. The van der Waals surface area contributed by atoms with E-state index in [4.69, 9.17) is 4.43 Å². The van der Waals surface area contributed by atoms with Crippen molar-refractivity contribution in [2.75, 3.05) is 6.61 Å². The number of benzene rings is 1. The highest BCUT2D eigenvalue weighted by molar-refractivity contribution is 6.70. The first-order valence-electron chi connectivity index (χ1n) is 5.13. The van der Waals surface area contributed by atoms with Crippen LogP contribution in [0.2, 0.25) is 13.1 Å². The molecule has 0 aromatic heterocycles. The first-order chi connectivity index (χ1) is 7.35. The molecular formula is C11H15F3OSi. The molecule has 16 heavy (non-hydrogen) atoms. The van der Waals surface area contributed by atoms with Gasteiger partial charge in [0.2, 0.25) is 0 Å². The minimum atomic E-state index is -1.96. The molecule has 0 aliphatic rings. The molecule has 1 nitrogen and oxygen atoms in total. The molecule has 90 valence electrons. The Morgan fingerprint density at radius 3 is 2.06 bits per heavy atom. The summed E-state index contributed by atoms with van der Waals surface area (Å²) >= 11 is 0. The Morgan fingerprint density at radius 2 is 1.62 bits per heavy atom. The summed E-state index contributed by atoms with van der Waals surface area (Å²) in [6.07, 6.45) is 0. The summed E-state index contributed by atoms with van der Waals surface area (Å²) in [5.74, 6) is -3.70. The molecular weight excluding hydrogens is 233 g/mol. The maximum Gasteiger partial charge on any atom is 0.194 e. The van der Waals surface area contributed by atoms with Gasteiger partial charge >= 0.3 is 0 Å². The van der Waals surface area contributed by atoms with Gasteiger partial charge in [0, 0.05) is 6.61 Å². The first kappa shape index (κ1) is 13.3. The second-order valence-corrected chi connectivity index (χ2v) is 8.40. The Balaban J connectivity index is 2.90. The molecule has 0 heterocycles. The summed E-state index contributed by atoms with van der Waals surface area (Å²) in [4.78, 5) is 0. The van der Waals surface area contributed by atoms with Gasteiger partial charge in [0.25, 0.3) is 0 Å². The molecule has 1 aromatic rings. The molecule has 0 aliphatic heterocycles. The van der Waals surface area contributed by atoms with E-state index in [0.29, 0.717) is 18.2 Å². The molecule has 5 heteroatoms. The van der Waals surface area contributed by atoms with Crippen molar-refractivity contribution < 1.29 is 17.6 Å². The largest absolute Gasteiger partial charge is 0.417 e. The molecule has 0 aliphatic carbocycles. The zero-order valence-electron chi connectivity index (χ0n) is 9.61. The summed E-state index contributed by atoms with van der Waals surface area (Å²) in [6.45, 7) is 6.36. The summed E-state index contributed by atoms with van der Waals surface area (Å²) in [7, 11) is -1.96. The van der Waals surface area contributed by atoms with Gasteiger partial charge in [-0.05, 0) is 43.8 Å². The van der Waals surface area contributed by atoms with Crippen molar-refractivity contribution >= 4 is 8.32 Å². The van der Waals surface area contributed by atoms with E-state index in [1.54, 1.807) is 0 Å². The number of halogens is 3. The van der Waals surface area contributed by atoms with Crippen LogP contribution in [-0.2, 0) is 10.5 Å². The summed E-state index contributed by atoms with van der Waals surface area (Å²) in [5, 5.41) is 0. The average molecular weight is 248 g/mol. The molecule has 0 amide bonds. The van der Waals surface area contributed by atoms with Gasteiger partial charge in [-0.25, -0.2) is 13.2 Å². The average Bonchev–Trinajstić information content (AvgIpc) is 2.13. The minimum Gasteiger partial charge on any atom is -0.417 e. The normalized spacial score (nSPS) is 11.9. The lowest BCUT2D eigenvalue weighted by Crippen LogP contribution is -2.33. The summed E-state index contributed by atoms with van der Waals surface area (Å²) in [6, 6.07) is 2.54. The Hall–Kier alpha value is -0.813. The Labute approximate surface area is 94.4 Å². The van der Waals surface area contributed by atoms with E-state index in [1.165, 1.54) is 0 Å². The first-order valence-corrected chi connectivity index (χ1v) is 8.24. The SMILES string of the molecule is CCO[Si](C)(C)Cc1cc(F)c(F)c(F)c1. The Kier molecular flexibility index (Phi) is 4.15. The maximum absolute atomic E-state index is 13.0. The van der Waals surface area contributed by atoms with Gasteiger partial charge in [0.05, 0.1) is 0 Å². The summed E-state index contributed by atoms with van der Waals surface area (Å²) in [5.41, 5.74) is 0.446. The molecule has 1 aromatic carbocycles. The fourth-order valence-corrected chi connectivity index (χ4v) is 3.71. The lowest BCUT2D eigenvalue weighted by molar-refractivity contribution is 0.328. The van der Waals surface area contributed by atoms with Crippen molar-refractivity contribution in [3.8, 4) is 0 Å². The van der Waals surface area contributed by atoms with Crippen LogP contribution in [0.25, 0.3) is 0 Å². The molecule has 0 spiro atoms. The Morgan fingerprint density at radius 1 is 1.12 bits per heavy atom. The third-order valence-electron chi connectivity index (χ3n) is 2.21. The van der Waals surface area contributed by atoms with Gasteiger partial charge in [0.1, 0.15) is 0 Å². The molecule has 0 saturated heterocycles. The molecule has 0 unspecified atom stereocenters. The van der Waals surface area contributed by atoms with Crippen LogP contribution in [0.5, 0.6) is 0 Å². The quantitative estimate of drug-likeness (QED) is 0.586. The van der Waals surface area contributed by atoms with E-state index >= 15 is 0 Å². The topological polar surface area (TPSA) is 9.23 Å². The molecule has 0 atom stereocenters. The van der Waals surface area contributed by atoms with Crippen molar-refractivity contribution in [2.24, 2.45) is 0 Å². The fourth-order valence-electron chi connectivity index (χ4n) is 1.64. The van der Waals surface area contributed by atoms with Crippen LogP contribution >= 0.6 is 0 Å². The van der Waals surface area contributed by atoms with Crippen LogP contribution in [0.3, 0.4) is 0 Å². The minimum absolute atomic E-state index is 0.446. The zero-order chi connectivity index (χ0) is 12.3. The van der Waals surface area contributed by atoms with Crippen molar-refractivity contribution in [1.82, 2.24) is 0 Å². The van der Waals surface area contributed by atoms with Crippen LogP contribution in [-0.4, -0.2) is 14.9 Å². The highest BCUT2D eigenvalue weighted by Gasteiger charge is 2.23. The van der Waals surface area contributed by atoms with Crippen molar-refractivity contribution in [3.05, 3.63) is 35.1 Å². The molecule has 0 saturated carbocycles. The third-order valence-corrected chi connectivity index (χ3v) is 4.54. The van der Waals surface area contributed by atoms with Gasteiger partial charge < -0.3 is 4.43 Å². The predicted molar refractivity (Wildman–Crippen MR) is 59.1 cm³/mol. The summed E-state index contributed by atoms with van der Waals surface area (Å²) < 4.78 is 44.2. The van der Waals surface area contributed by atoms with Crippen LogP contribution in [0.1, 0.15) is 12.5 Å². The molecule has 0 fully saturated rings. The van der Waals surface area contributed by atoms with E-state index in [2.05, 4.69) is 0 Å². The zero-order valence-corrected chi connectivity index (χ0v) is 10.6. The van der Waals surface area contributed by atoms with Crippen LogP contribution in [0.15, 0.2) is 12.1 Å². The van der Waals surface area contributed by atoms with Gasteiger partial charge in [-0.15, -0.1) is 0 Å².